The molecule has 0 aromatic heterocycles. The molecule has 0 unspecified atom stereocenters. The molecule has 0 aromatic rings. The molecule has 1 aliphatic heterocycles. The number of guanidine groups is 2. The van der Waals surface area contributed by atoms with Crippen molar-refractivity contribution in [2.24, 2.45) is 44.6 Å². The number of primary amides is 1. The van der Waals surface area contributed by atoms with Crippen LogP contribution in [0.25, 0.3) is 0 Å². The van der Waals surface area contributed by atoms with Gasteiger partial charge in [-0.2, -0.15) is 37.0 Å². The number of hydrogen-bond acceptors (Lipinski definition) is 14. The van der Waals surface area contributed by atoms with Crippen molar-refractivity contribution in [1.82, 2.24) is 42.1 Å². The number of hydrogen-bond donors (Lipinski definition) is 14. The summed E-state index contributed by atoms with van der Waals surface area (Å²) in [4.78, 5) is 128. The van der Waals surface area contributed by atoms with E-state index in [1.165, 1.54) is 23.6 Å². The van der Waals surface area contributed by atoms with Gasteiger partial charge in [0.1, 0.15) is 42.3 Å². The lowest BCUT2D eigenvalue weighted by molar-refractivity contribution is -0.142. The Morgan fingerprint density at radius 2 is 1.20 bits per heavy atom. The standard InChI is InChI=1S/C38H69N15O9S3/c1-20(2)16-25(33(59)49-22(8-5-12-44-37(40)41)31(57)46-17-29(55)48-26(18-63)30(39)56)52-32(58)23(9-6-13-45-38(42)43)50-35(61)28-10-7-14-53(28)36(62)24(11-15-65-4)51-34(60)27(19-64)47-21(3)54/h20,22-28,63-64H,5-19H2,1-4H3,(H2,39,56)(H,46,57)(H,47,54)(H,48,55)(H,49,59)(H,50,61)(H,51,60)(H,52,58)(H4,40,41,44)(H4,42,43,45)/t22-,23-,24-,25-,26-,27-,28-/m0/s1. The van der Waals surface area contributed by atoms with Crippen molar-refractivity contribution in [3.63, 3.8) is 0 Å². The van der Waals surface area contributed by atoms with Gasteiger partial charge in [-0.15, -0.1) is 0 Å². The minimum Gasteiger partial charge on any atom is -0.370 e. The molecule has 368 valence electrons. The number of aliphatic imine (C=N–C) groups is 2. The van der Waals surface area contributed by atoms with Crippen molar-refractivity contribution in [2.45, 2.75) is 114 Å². The van der Waals surface area contributed by atoms with Crippen molar-refractivity contribution >= 4 is 102 Å². The van der Waals surface area contributed by atoms with Gasteiger partial charge in [0.15, 0.2) is 11.9 Å². The van der Waals surface area contributed by atoms with Gasteiger partial charge in [-0.25, -0.2) is 0 Å². The number of nitrogens with zero attached hydrogens (tertiary/aromatic N) is 3. The molecule has 1 fully saturated rings. The second-order valence-electron chi connectivity index (χ2n) is 15.6. The number of nitrogens with one attached hydrogen (secondary N) is 7. The third kappa shape index (κ3) is 22.5. The molecule has 0 saturated carbocycles. The summed E-state index contributed by atoms with van der Waals surface area (Å²) < 4.78 is 0. The number of thioether (sulfide) groups is 1. The van der Waals surface area contributed by atoms with Crippen molar-refractivity contribution in [3.8, 4) is 0 Å². The second kappa shape index (κ2) is 30.9. The van der Waals surface area contributed by atoms with E-state index in [1.807, 2.05) is 20.1 Å². The first-order chi connectivity index (χ1) is 30.6. The summed E-state index contributed by atoms with van der Waals surface area (Å²) in [6.07, 6.45) is 3.31. The molecular weight excluding hydrogens is 907 g/mol. The second-order valence-corrected chi connectivity index (χ2v) is 17.3. The fourth-order valence-electron chi connectivity index (χ4n) is 6.51. The van der Waals surface area contributed by atoms with Crippen LogP contribution in [0.2, 0.25) is 0 Å². The van der Waals surface area contributed by atoms with Crippen LogP contribution in [0.5, 0.6) is 0 Å². The van der Waals surface area contributed by atoms with E-state index in [9.17, 15) is 43.2 Å². The maximum absolute atomic E-state index is 14.1. The van der Waals surface area contributed by atoms with Crippen LogP contribution in [0.1, 0.15) is 72.1 Å². The zero-order valence-corrected chi connectivity index (χ0v) is 40.0. The Labute approximate surface area is 394 Å². The number of carbonyl (C=O) groups is 9. The van der Waals surface area contributed by atoms with E-state index in [0.29, 0.717) is 12.2 Å². The Kier molecular flexibility index (Phi) is 27.5. The highest BCUT2D eigenvalue weighted by Gasteiger charge is 2.40. The van der Waals surface area contributed by atoms with E-state index in [2.05, 4.69) is 72.5 Å². The van der Waals surface area contributed by atoms with Gasteiger partial charge in [0.05, 0.1) is 6.54 Å². The average Bonchev–Trinajstić information content (AvgIpc) is 3.73. The molecule has 9 amide bonds. The lowest BCUT2D eigenvalue weighted by atomic mass is 10.0. The molecule has 0 aliphatic carbocycles. The van der Waals surface area contributed by atoms with Crippen molar-refractivity contribution in [3.05, 3.63) is 0 Å². The van der Waals surface area contributed by atoms with Crippen molar-refractivity contribution < 1.29 is 43.2 Å². The third-order valence-corrected chi connectivity index (χ3v) is 11.1. The summed E-state index contributed by atoms with van der Waals surface area (Å²) in [7, 11) is 0. The van der Waals surface area contributed by atoms with Crippen LogP contribution < -0.4 is 65.9 Å². The molecule has 0 bridgehead atoms. The Hall–Kier alpha value is -5.18. The molecule has 27 heteroatoms. The molecule has 1 heterocycles. The molecule has 65 heavy (non-hydrogen) atoms. The Morgan fingerprint density at radius 3 is 1.71 bits per heavy atom. The molecular formula is C38H69N15O9S3. The normalized spacial score (nSPS) is 16.0. The molecule has 7 atom stereocenters. The van der Waals surface area contributed by atoms with Crippen LogP contribution >= 0.6 is 37.0 Å². The Morgan fingerprint density at radius 1 is 0.677 bits per heavy atom. The summed E-state index contributed by atoms with van der Waals surface area (Å²) in [5, 5.41) is 18.1. The van der Waals surface area contributed by atoms with E-state index in [1.54, 1.807) is 0 Å². The maximum atomic E-state index is 14.1. The van der Waals surface area contributed by atoms with Crippen LogP contribution in [0, 0.1) is 5.92 Å². The largest absolute Gasteiger partial charge is 0.370 e. The van der Waals surface area contributed by atoms with Crippen LogP contribution in [-0.4, -0.2) is 162 Å². The first-order valence-corrected chi connectivity index (χ1v) is 23.8. The van der Waals surface area contributed by atoms with E-state index in [-0.39, 0.29) is 93.9 Å². The van der Waals surface area contributed by atoms with Crippen LogP contribution in [-0.2, 0) is 43.2 Å². The first kappa shape index (κ1) is 57.8. The summed E-state index contributed by atoms with van der Waals surface area (Å²) >= 11 is 9.59. The van der Waals surface area contributed by atoms with E-state index in [4.69, 9.17) is 28.7 Å². The minimum atomic E-state index is -1.25. The van der Waals surface area contributed by atoms with E-state index < -0.39 is 102 Å². The molecule has 17 N–H and O–H groups in total. The monoisotopic (exact) mass is 975 g/mol. The van der Waals surface area contributed by atoms with E-state index in [0.717, 1.165) is 0 Å². The van der Waals surface area contributed by atoms with Gasteiger partial charge in [-0.05, 0) is 69.3 Å². The van der Waals surface area contributed by atoms with Gasteiger partial charge >= 0.3 is 0 Å². The molecule has 0 radical (unpaired) electrons. The first-order valence-electron chi connectivity index (χ1n) is 21.1. The zero-order valence-electron chi connectivity index (χ0n) is 37.4. The molecule has 1 aliphatic rings. The van der Waals surface area contributed by atoms with Crippen LogP contribution in [0.4, 0.5) is 0 Å². The molecule has 1 saturated heterocycles. The lowest BCUT2D eigenvalue weighted by Gasteiger charge is -2.31. The van der Waals surface area contributed by atoms with Gasteiger partial charge < -0.3 is 70.8 Å². The SMILES string of the molecule is CSCC[C@H](NC(=O)[C@H](CS)NC(C)=O)C(=O)N1CCC[C@H]1C(=O)N[C@@H](CCCN=C(N)N)C(=O)N[C@@H](CC(C)C)C(=O)N[C@@H](CCCN=C(N)N)C(=O)NCC(=O)N[C@@H](CS)C(N)=O. The average molecular weight is 976 g/mol. The molecule has 0 spiro atoms. The molecule has 0 aromatic carbocycles. The van der Waals surface area contributed by atoms with Gasteiger partial charge in [-0.3, -0.25) is 53.1 Å². The summed E-state index contributed by atoms with van der Waals surface area (Å²) in [6, 6.07) is -7.87. The summed E-state index contributed by atoms with van der Waals surface area (Å²) in [5.74, 6) is -6.22. The number of likely N-dealkylation sites (tertiary alicyclic amines) is 1. The minimum absolute atomic E-state index is 0.00580. The zero-order chi connectivity index (χ0) is 49.2. The Balaban J connectivity index is 3.38. The predicted molar refractivity (Wildman–Crippen MR) is 254 cm³/mol. The highest BCUT2D eigenvalue weighted by atomic mass is 32.2. The molecule has 24 nitrogen and oxygen atoms in total. The Bertz CT molecular complexity index is 1700. The number of amides is 9. The van der Waals surface area contributed by atoms with E-state index >= 15 is 0 Å². The number of thiol groups is 2. The van der Waals surface area contributed by atoms with Gasteiger partial charge in [0, 0.05) is 38.1 Å². The van der Waals surface area contributed by atoms with Crippen LogP contribution in [0.3, 0.4) is 0 Å². The quantitative estimate of drug-likeness (QED) is 0.0139. The number of nitrogens with two attached hydrogens (primary N) is 5. The number of carbonyl (C=O) groups excluding carboxylic acids is 9. The highest BCUT2D eigenvalue weighted by Crippen LogP contribution is 2.21. The highest BCUT2D eigenvalue weighted by molar-refractivity contribution is 7.98. The van der Waals surface area contributed by atoms with Crippen LogP contribution in [0.15, 0.2) is 9.98 Å². The molecule has 1 rings (SSSR count). The van der Waals surface area contributed by atoms with Gasteiger partial charge in [-0.1, -0.05) is 13.8 Å². The smallest absolute Gasteiger partial charge is 0.245 e. The number of rotatable bonds is 30. The fraction of sp³-hybridized carbons (Fsp3) is 0.711. The maximum Gasteiger partial charge on any atom is 0.245 e. The summed E-state index contributed by atoms with van der Waals surface area (Å²) in [5.41, 5.74) is 27.1. The predicted octanol–water partition coefficient (Wildman–Crippen LogP) is -4.73. The van der Waals surface area contributed by atoms with Crippen molar-refractivity contribution in [1.29, 1.82) is 0 Å². The van der Waals surface area contributed by atoms with Gasteiger partial charge in [0.2, 0.25) is 53.2 Å². The topological polar surface area (TPSA) is 396 Å². The lowest BCUT2D eigenvalue weighted by Crippen LogP contribution is -2.59. The van der Waals surface area contributed by atoms with Crippen molar-refractivity contribution in [2.75, 3.05) is 49.7 Å². The third-order valence-electron chi connectivity index (χ3n) is 9.72. The summed E-state index contributed by atoms with van der Waals surface area (Å²) in [6.45, 7) is 4.69. The van der Waals surface area contributed by atoms with Gasteiger partial charge in [0.25, 0.3) is 0 Å². The fourth-order valence-corrected chi connectivity index (χ4v) is 7.51.